The maximum absolute atomic E-state index is 13.3. The summed E-state index contributed by atoms with van der Waals surface area (Å²) in [7, 11) is 0. The van der Waals surface area contributed by atoms with Crippen LogP contribution in [0, 0.1) is 5.82 Å². The summed E-state index contributed by atoms with van der Waals surface area (Å²) in [5.41, 5.74) is -0.107. The molecule has 1 aliphatic heterocycles. The Labute approximate surface area is 129 Å². The summed E-state index contributed by atoms with van der Waals surface area (Å²) in [6.45, 7) is -0.0645. The number of nitrogens with zero attached hydrogens (tertiary/aromatic N) is 1. The number of rotatable bonds is 4. The highest BCUT2D eigenvalue weighted by Crippen LogP contribution is 2.17. The molecule has 116 valence electrons. The normalized spacial score (nSPS) is 14.1. The monoisotopic (exact) mass is 325 g/mol. The van der Waals surface area contributed by atoms with E-state index in [1.54, 1.807) is 0 Å². The molecule has 0 unspecified atom stereocenters. The largest absolute Gasteiger partial charge is 0.346 e. The maximum Gasteiger partial charge on any atom is 0.313 e. The Morgan fingerprint density at radius 2 is 1.95 bits per heavy atom. The molecule has 0 saturated carbocycles. The van der Waals surface area contributed by atoms with E-state index in [1.807, 2.05) is 0 Å². The van der Waals surface area contributed by atoms with E-state index in [-0.39, 0.29) is 35.7 Å². The zero-order chi connectivity index (χ0) is 16.1. The first kappa shape index (κ1) is 16.0. The first-order valence-electron chi connectivity index (χ1n) is 6.30. The van der Waals surface area contributed by atoms with Crippen LogP contribution in [0.3, 0.4) is 0 Å². The molecule has 9 heteroatoms. The molecule has 1 saturated heterocycles. The lowest BCUT2D eigenvalue weighted by atomic mass is 10.3. The Hall–Kier alpha value is -2.42. The molecular weight excluding hydrogens is 313 g/mol. The van der Waals surface area contributed by atoms with Crippen LogP contribution >= 0.6 is 11.8 Å². The number of para-hydroxylation sites is 1. The molecule has 2 rings (SSSR count). The van der Waals surface area contributed by atoms with Gasteiger partial charge >= 0.3 is 11.8 Å². The van der Waals surface area contributed by atoms with Gasteiger partial charge < -0.3 is 10.6 Å². The van der Waals surface area contributed by atoms with E-state index in [1.165, 1.54) is 18.2 Å². The number of nitrogens with one attached hydrogen (secondary N) is 2. The number of imide groups is 1. The second-order valence-corrected chi connectivity index (χ2v) is 5.22. The molecule has 22 heavy (non-hydrogen) atoms. The van der Waals surface area contributed by atoms with Gasteiger partial charge in [0.2, 0.25) is 5.91 Å². The highest BCUT2D eigenvalue weighted by Gasteiger charge is 2.29. The van der Waals surface area contributed by atoms with Crippen molar-refractivity contribution in [3.8, 4) is 0 Å². The molecule has 0 aliphatic carbocycles. The summed E-state index contributed by atoms with van der Waals surface area (Å²) >= 11 is 0.886. The van der Waals surface area contributed by atoms with Gasteiger partial charge in [0.1, 0.15) is 5.82 Å². The maximum atomic E-state index is 13.3. The molecule has 0 bridgehead atoms. The zero-order valence-electron chi connectivity index (χ0n) is 11.3. The smallest absolute Gasteiger partial charge is 0.313 e. The molecule has 0 spiro atoms. The van der Waals surface area contributed by atoms with E-state index >= 15 is 0 Å². The molecular formula is C13H12FN3O4S. The fraction of sp³-hybridized carbons (Fsp3) is 0.231. The summed E-state index contributed by atoms with van der Waals surface area (Å²) in [6, 6.07) is 5.43. The molecule has 2 N–H and O–H groups in total. The van der Waals surface area contributed by atoms with Crippen LogP contribution in [0.25, 0.3) is 0 Å². The average molecular weight is 325 g/mol. The Morgan fingerprint density at radius 3 is 2.59 bits per heavy atom. The Morgan fingerprint density at radius 1 is 1.23 bits per heavy atom. The summed E-state index contributed by atoms with van der Waals surface area (Å²) in [6.07, 6.45) is 0. The van der Waals surface area contributed by atoms with Crippen molar-refractivity contribution in [2.45, 2.75) is 0 Å². The number of halogens is 1. The van der Waals surface area contributed by atoms with E-state index in [0.717, 1.165) is 22.7 Å². The van der Waals surface area contributed by atoms with Crippen LogP contribution in [0.1, 0.15) is 0 Å². The zero-order valence-corrected chi connectivity index (χ0v) is 12.1. The van der Waals surface area contributed by atoms with Crippen molar-refractivity contribution in [3.05, 3.63) is 30.1 Å². The molecule has 1 aliphatic rings. The van der Waals surface area contributed by atoms with E-state index in [2.05, 4.69) is 10.6 Å². The summed E-state index contributed by atoms with van der Waals surface area (Å²) < 4.78 is 13.3. The third kappa shape index (κ3) is 3.82. The van der Waals surface area contributed by atoms with Crippen molar-refractivity contribution in [1.82, 2.24) is 10.2 Å². The lowest BCUT2D eigenvalue weighted by molar-refractivity contribution is -0.136. The van der Waals surface area contributed by atoms with Gasteiger partial charge in [-0.2, -0.15) is 0 Å². The van der Waals surface area contributed by atoms with Crippen LogP contribution in [0.15, 0.2) is 24.3 Å². The van der Waals surface area contributed by atoms with Crippen molar-refractivity contribution >= 4 is 40.4 Å². The number of benzene rings is 1. The number of carbonyl (C=O) groups is 4. The SMILES string of the molecule is O=C(NCCN1C(=O)CSC1=O)C(=O)Nc1ccccc1F. The predicted molar refractivity (Wildman–Crippen MR) is 77.6 cm³/mol. The molecule has 0 radical (unpaired) electrons. The van der Waals surface area contributed by atoms with Crippen LogP contribution < -0.4 is 10.6 Å². The fourth-order valence-electron chi connectivity index (χ4n) is 1.70. The summed E-state index contributed by atoms with van der Waals surface area (Å²) in [4.78, 5) is 46.8. The van der Waals surface area contributed by atoms with Gasteiger partial charge in [-0.25, -0.2) is 4.39 Å². The van der Waals surface area contributed by atoms with Gasteiger partial charge in [-0.05, 0) is 12.1 Å². The van der Waals surface area contributed by atoms with Crippen molar-refractivity contribution in [2.75, 3.05) is 24.2 Å². The van der Waals surface area contributed by atoms with Crippen LogP contribution in [-0.4, -0.2) is 46.7 Å². The van der Waals surface area contributed by atoms with Crippen LogP contribution in [0.4, 0.5) is 14.9 Å². The summed E-state index contributed by atoms with van der Waals surface area (Å²) in [5.74, 6) is -2.91. The van der Waals surface area contributed by atoms with Gasteiger partial charge in [-0.15, -0.1) is 0 Å². The van der Waals surface area contributed by atoms with Crippen LogP contribution in [-0.2, 0) is 14.4 Å². The number of carbonyl (C=O) groups excluding carboxylic acids is 4. The minimum atomic E-state index is -1.03. The average Bonchev–Trinajstić information content (AvgIpc) is 2.81. The van der Waals surface area contributed by atoms with E-state index in [9.17, 15) is 23.6 Å². The van der Waals surface area contributed by atoms with Gasteiger partial charge in [0.15, 0.2) is 0 Å². The molecule has 7 nitrogen and oxygen atoms in total. The highest BCUT2D eigenvalue weighted by atomic mass is 32.2. The predicted octanol–water partition coefficient (Wildman–Crippen LogP) is 0.576. The molecule has 1 aromatic carbocycles. The van der Waals surface area contributed by atoms with Gasteiger partial charge in [0.05, 0.1) is 11.4 Å². The van der Waals surface area contributed by atoms with Crippen molar-refractivity contribution < 1.29 is 23.6 Å². The number of thioether (sulfide) groups is 1. The third-order valence-electron chi connectivity index (χ3n) is 2.79. The number of amides is 4. The Kier molecular flexibility index (Phi) is 5.10. The van der Waals surface area contributed by atoms with Crippen LogP contribution in [0.2, 0.25) is 0 Å². The van der Waals surface area contributed by atoms with Gasteiger partial charge in [0, 0.05) is 13.1 Å². The Balaban J connectivity index is 1.80. The minimum absolute atomic E-state index is 0.0105. The van der Waals surface area contributed by atoms with E-state index in [4.69, 9.17) is 0 Å². The van der Waals surface area contributed by atoms with Crippen molar-refractivity contribution in [2.24, 2.45) is 0 Å². The number of hydrogen-bond donors (Lipinski definition) is 2. The number of anilines is 1. The fourth-order valence-corrected chi connectivity index (χ4v) is 2.45. The van der Waals surface area contributed by atoms with Crippen molar-refractivity contribution in [1.29, 1.82) is 0 Å². The minimum Gasteiger partial charge on any atom is -0.346 e. The van der Waals surface area contributed by atoms with Gasteiger partial charge in [0.25, 0.3) is 5.24 Å². The molecule has 1 heterocycles. The standard InChI is InChI=1S/C13H12FN3O4S/c14-8-3-1-2-4-9(8)16-12(20)11(19)15-5-6-17-10(18)7-22-13(17)21/h1-4H,5-7H2,(H,15,19)(H,16,20). The van der Waals surface area contributed by atoms with Gasteiger partial charge in [-0.1, -0.05) is 23.9 Å². The quantitative estimate of drug-likeness (QED) is 0.789. The first-order chi connectivity index (χ1) is 10.5. The van der Waals surface area contributed by atoms with Crippen LogP contribution in [0.5, 0.6) is 0 Å². The topological polar surface area (TPSA) is 95.6 Å². The summed E-state index contributed by atoms with van der Waals surface area (Å²) in [5, 5.41) is 4.01. The van der Waals surface area contributed by atoms with E-state index < -0.39 is 17.6 Å². The second-order valence-electron chi connectivity index (χ2n) is 4.29. The van der Waals surface area contributed by atoms with E-state index in [0.29, 0.717) is 0 Å². The second kappa shape index (κ2) is 7.03. The Bertz CT molecular complexity index is 621. The molecule has 0 atom stereocenters. The molecule has 1 aromatic rings. The number of hydrogen-bond acceptors (Lipinski definition) is 5. The third-order valence-corrected chi connectivity index (χ3v) is 3.65. The lowest BCUT2D eigenvalue weighted by Gasteiger charge is -2.13. The molecule has 1 fully saturated rings. The highest BCUT2D eigenvalue weighted by molar-refractivity contribution is 8.14. The lowest BCUT2D eigenvalue weighted by Crippen LogP contribution is -2.41. The van der Waals surface area contributed by atoms with Gasteiger partial charge in [-0.3, -0.25) is 24.1 Å². The molecule has 4 amide bonds. The van der Waals surface area contributed by atoms with Crippen molar-refractivity contribution in [3.63, 3.8) is 0 Å². The first-order valence-corrected chi connectivity index (χ1v) is 7.28. The molecule has 0 aromatic heterocycles.